The summed E-state index contributed by atoms with van der Waals surface area (Å²) in [6, 6.07) is 8.04. The summed E-state index contributed by atoms with van der Waals surface area (Å²) in [5.74, 6) is -0.192. The Balaban J connectivity index is 1.81. The number of hydrogen-bond donors (Lipinski definition) is 3. The highest BCUT2D eigenvalue weighted by molar-refractivity contribution is 5.86. The van der Waals surface area contributed by atoms with E-state index in [9.17, 15) is 9.59 Å². The molecule has 0 radical (unpaired) electrons. The number of amides is 2. The third-order valence-electron chi connectivity index (χ3n) is 3.51. The van der Waals surface area contributed by atoms with Crippen molar-refractivity contribution >= 4 is 11.8 Å². The number of carbonyl (C=O) groups excluding carboxylic acids is 2. The quantitative estimate of drug-likeness (QED) is 0.666. The zero-order valence-electron chi connectivity index (χ0n) is 11.8. The van der Waals surface area contributed by atoms with Gasteiger partial charge in [0.05, 0.1) is 6.54 Å². The van der Waals surface area contributed by atoms with Crippen molar-refractivity contribution in [1.29, 1.82) is 0 Å². The average Bonchev–Trinajstić information content (AvgIpc) is 2.50. The molecule has 2 rings (SSSR count). The van der Waals surface area contributed by atoms with Crippen molar-refractivity contribution in [2.45, 2.75) is 32.4 Å². The van der Waals surface area contributed by atoms with E-state index >= 15 is 0 Å². The molecule has 0 spiro atoms. The highest BCUT2D eigenvalue weighted by atomic mass is 16.2. The molecule has 1 heterocycles. The maximum atomic E-state index is 12.1. The Bertz CT molecular complexity index is 488. The van der Waals surface area contributed by atoms with E-state index in [-0.39, 0.29) is 24.4 Å². The Morgan fingerprint density at radius 2 is 2.00 bits per heavy atom. The van der Waals surface area contributed by atoms with Crippen LogP contribution < -0.4 is 16.0 Å². The molecule has 0 aromatic heterocycles. The van der Waals surface area contributed by atoms with Crippen molar-refractivity contribution in [3.8, 4) is 0 Å². The van der Waals surface area contributed by atoms with Gasteiger partial charge in [0.1, 0.15) is 6.54 Å². The predicted molar refractivity (Wildman–Crippen MR) is 75.9 cm³/mol. The molecule has 5 nitrogen and oxygen atoms in total. The molecule has 1 atom stereocenters. The largest absolute Gasteiger partial charge is 0.355 e. The summed E-state index contributed by atoms with van der Waals surface area (Å²) in [5.41, 5.74) is 2.52. The van der Waals surface area contributed by atoms with E-state index < -0.39 is 0 Å². The van der Waals surface area contributed by atoms with Crippen molar-refractivity contribution in [2.75, 3.05) is 13.1 Å². The van der Waals surface area contributed by atoms with Crippen LogP contribution in [0, 0.1) is 0 Å². The number of nitrogens with one attached hydrogen (secondary N) is 2. The van der Waals surface area contributed by atoms with Gasteiger partial charge in [-0.3, -0.25) is 9.59 Å². The molecule has 1 aromatic carbocycles. The first kappa shape index (κ1) is 14.5. The molecule has 1 aromatic rings. The van der Waals surface area contributed by atoms with Crippen LogP contribution in [0.25, 0.3) is 0 Å². The fourth-order valence-electron chi connectivity index (χ4n) is 2.37. The second kappa shape index (κ2) is 7.05. The van der Waals surface area contributed by atoms with Gasteiger partial charge in [-0.2, -0.15) is 0 Å². The third-order valence-corrected chi connectivity index (χ3v) is 3.51. The second-order valence-corrected chi connectivity index (χ2v) is 5.09. The van der Waals surface area contributed by atoms with E-state index in [4.69, 9.17) is 0 Å². The topological polar surface area (TPSA) is 74.8 Å². The summed E-state index contributed by atoms with van der Waals surface area (Å²) in [7, 11) is 0. The average molecular weight is 276 g/mol. The van der Waals surface area contributed by atoms with E-state index in [0.717, 1.165) is 19.4 Å². The summed E-state index contributed by atoms with van der Waals surface area (Å²) < 4.78 is 0. The Morgan fingerprint density at radius 1 is 1.25 bits per heavy atom. The normalized spacial score (nSPS) is 17.1. The van der Waals surface area contributed by atoms with Crippen molar-refractivity contribution in [3.63, 3.8) is 0 Å². The summed E-state index contributed by atoms with van der Waals surface area (Å²) in [4.78, 5) is 23.5. The predicted octanol–water partition coefficient (Wildman–Crippen LogP) is -0.683. The molecule has 0 unspecified atom stereocenters. The van der Waals surface area contributed by atoms with Gasteiger partial charge in [0.15, 0.2) is 6.04 Å². The van der Waals surface area contributed by atoms with Gasteiger partial charge in [-0.05, 0) is 12.0 Å². The molecular weight excluding hydrogens is 254 g/mol. The van der Waals surface area contributed by atoms with Gasteiger partial charge in [-0.1, -0.05) is 31.2 Å². The number of quaternary nitrogens is 1. The molecule has 20 heavy (non-hydrogen) atoms. The van der Waals surface area contributed by atoms with Crippen LogP contribution >= 0.6 is 0 Å². The van der Waals surface area contributed by atoms with Crippen molar-refractivity contribution < 1.29 is 14.9 Å². The molecule has 0 bridgehead atoms. The van der Waals surface area contributed by atoms with Crippen LogP contribution in [0.3, 0.4) is 0 Å². The Morgan fingerprint density at radius 3 is 2.75 bits per heavy atom. The number of hydrogen-bond acceptors (Lipinski definition) is 2. The van der Waals surface area contributed by atoms with Gasteiger partial charge >= 0.3 is 0 Å². The van der Waals surface area contributed by atoms with Gasteiger partial charge in [0.2, 0.25) is 5.91 Å². The SMILES string of the molecule is CCCNC(=O)CNC(=O)[C@@H]1Cc2ccccc2C[NH2+]1. The summed E-state index contributed by atoms with van der Waals surface area (Å²) in [6.07, 6.45) is 1.62. The van der Waals surface area contributed by atoms with Gasteiger partial charge in [-0.25, -0.2) is 0 Å². The highest BCUT2D eigenvalue weighted by Crippen LogP contribution is 2.12. The first-order chi connectivity index (χ1) is 9.70. The fourth-order valence-corrected chi connectivity index (χ4v) is 2.37. The van der Waals surface area contributed by atoms with Gasteiger partial charge in [0, 0.05) is 18.5 Å². The lowest BCUT2D eigenvalue weighted by molar-refractivity contribution is -0.695. The van der Waals surface area contributed by atoms with Crippen LogP contribution in [-0.4, -0.2) is 30.9 Å². The molecule has 1 aliphatic rings. The minimum atomic E-state index is -0.135. The highest BCUT2D eigenvalue weighted by Gasteiger charge is 2.27. The van der Waals surface area contributed by atoms with Crippen LogP contribution in [-0.2, 0) is 22.6 Å². The summed E-state index contributed by atoms with van der Waals surface area (Å²) >= 11 is 0. The maximum absolute atomic E-state index is 12.1. The molecule has 1 aliphatic heterocycles. The molecule has 0 fully saturated rings. The maximum Gasteiger partial charge on any atom is 0.279 e. The molecule has 4 N–H and O–H groups in total. The minimum Gasteiger partial charge on any atom is -0.355 e. The van der Waals surface area contributed by atoms with Crippen molar-refractivity contribution in [1.82, 2.24) is 10.6 Å². The second-order valence-electron chi connectivity index (χ2n) is 5.09. The smallest absolute Gasteiger partial charge is 0.279 e. The number of nitrogens with two attached hydrogens (primary N) is 1. The van der Waals surface area contributed by atoms with Gasteiger partial charge < -0.3 is 16.0 Å². The lowest BCUT2D eigenvalue weighted by atomic mass is 9.95. The summed E-state index contributed by atoms with van der Waals surface area (Å²) in [5, 5.41) is 7.48. The summed E-state index contributed by atoms with van der Waals surface area (Å²) in [6.45, 7) is 3.52. The lowest BCUT2D eigenvalue weighted by Crippen LogP contribution is -2.93. The fraction of sp³-hybridized carbons (Fsp3) is 0.467. The van der Waals surface area contributed by atoms with E-state index in [1.54, 1.807) is 0 Å². The number of fused-ring (bicyclic) bond motifs is 1. The van der Waals surface area contributed by atoms with Gasteiger partial charge in [-0.15, -0.1) is 0 Å². The van der Waals surface area contributed by atoms with Crippen molar-refractivity contribution in [2.24, 2.45) is 0 Å². The molecular formula is C15H22N3O2+. The molecule has 0 saturated carbocycles. The van der Waals surface area contributed by atoms with Crippen LogP contribution in [0.1, 0.15) is 24.5 Å². The zero-order valence-corrected chi connectivity index (χ0v) is 11.8. The van der Waals surface area contributed by atoms with E-state index in [2.05, 4.69) is 22.8 Å². The molecule has 108 valence electrons. The van der Waals surface area contributed by atoms with Crippen LogP contribution in [0.5, 0.6) is 0 Å². The standard InChI is InChI=1S/C15H21N3O2/c1-2-7-16-14(19)10-18-15(20)13-8-11-5-3-4-6-12(11)9-17-13/h3-6,13,17H,2,7-10H2,1H3,(H,16,19)(H,18,20)/p+1/t13-/m0/s1. The lowest BCUT2D eigenvalue weighted by Gasteiger charge is -2.22. The Hall–Kier alpha value is -1.88. The zero-order chi connectivity index (χ0) is 14.4. The van der Waals surface area contributed by atoms with Gasteiger partial charge in [0.25, 0.3) is 5.91 Å². The molecule has 0 aliphatic carbocycles. The molecule has 5 heteroatoms. The van der Waals surface area contributed by atoms with E-state index in [0.29, 0.717) is 6.54 Å². The first-order valence-electron chi connectivity index (χ1n) is 7.15. The Kier molecular flexibility index (Phi) is 5.12. The number of carbonyl (C=O) groups is 2. The minimum absolute atomic E-state index is 0.0603. The monoisotopic (exact) mass is 276 g/mol. The molecule has 2 amide bonds. The van der Waals surface area contributed by atoms with Crippen LogP contribution in [0.2, 0.25) is 0 Å². The Labute approximate surface area is 119 Å². The van der Waals surface area contributed by atoms with Crippen molar-refractivity contribution in [3.05, 3.63) is 35.4 Å². The third kappa shape index (κ3) is 3.81. The first-order valence-corrected chi connectivity index (χ1v) is 7.15. The van der Waals surface area contributed by atoms with E-state index in [1.165, 1.54) is 11.1 Å². The van der Waals surface area contributed by atoms with E-state index in [1.807, 2.05) is 24.4 Å². The number of benzene rings is 1. The van der Waals surface area contributed by atoms with Crippen LogP contribution in [0.4, 0.5) is 0 Å². The number of rotatable bonds is 5. The molecule has 0 saturated heterocycles. The van der Waals surface area contributed by atoms with Crippen LogP contribution in [0.15, 0.2) is 24.3 Å².